The Kier molecular flexibility index (Phi) is 6.36. The summed E-state index contributed by atoms with van der Waals surface area (Å²) in [5.41, 5.74) is 1.48. The number of carboxylic acid groups (broad SMARTS) is 1. The van der Waals surface area contributed by atoms with Gasteiger partial charge in [0, 0.05) is 17.7 Å². The van der Waals surface area contributed by atoms with Crippen LogP contribution in [0.4, 0.5) is 5.00 Å². The van der Waals surface area contributed by atoms with Crippen molar-refractivity contribution in [2.24, 2.45) is 5.92 Å². The van der Waals surface area contributed by atoms with Gasteiger partial charge in [0.25, 0.3) is 0 Å². The van der Waals surface area contributed by atoms with Crippen LogP contribution in [0.15, 0.2) is 0 Å². The quantitative estimate of drug-likeness (QED) is 0.734. The number of amides is 1. The largest absolute Gasteiger partial charge is 0.481 e. The lowest BCUT2D eigenvalue weighted by Crippen LogP contribution is -2.16. The first-order valence-electron chi connectivity index (χ1n) is 8.25. The highest BCUT2D eigenvalue weighted by atomic mass is 32.1. The van der Waals surface area contributed by atoms with E-state index in [1.54, 1.807) is 6.92 Å². The molecule has 7 heteroatoms. The minimum absolute atomic E-state index is 0.0450. The van der Waals surface area contributed by atoms with E-state index in [0.717, 1.165) is 29.7 Å². The van der Waals surface area contributed by atoms with Gasteiger partial charge in [-0.1, -0.05) is 6.92 Å². The molecule has 0 saturated heterocycles. The summed E-state index contributed by atoms with van der Waals surface area (Å²) in [7, 11) is 0. The molecule has 1 aliphatic carbocycles. The highest BCUT2D eigenvalue weighted by molar-refractivity contribution is 7.17. The van der Waals surface area contributed by atoms with E-state index >= 15 is 0 Å². The number of anilines is 1. The topological polar surface area (TPSA) is 92.7 Å². The predicted molar refractivity (Wildman–Crippen MR) is 91.6 cm³/mol. The summed E-state index contributed by atoms with van der Waals surface area (Å²) < 4.78 is 5.15. The van der Waals surface area contributed by atoms with Gasteiger partial charge in [-0.05, 0) is 44.1 Å². The molecule has 0 saturated carbocycles. The number of esters is 1. The molecule has 0 radical (unpaired) electrons. The molecule has 0 aromatic carbocycles. The fourth-order valence-corrected chi connectivity index (χ4v) is 4.26. The first-order chi connectivity index (χ1) is 11.4. The minimum atomic E-state index is -0.921. The number of nitrogens with one attached hydrogen (secondary N) is 1. The van der Waals surface area contributed by atoms with Gasteiger partial charge < -0.3 is 15.2 Å². The van der Waals surface area contributed by atoms with Crippen LogP contribution in [0, 0.1) is 5.92 Å². The van der Waals surface area contributed by atoms with Crippen LogP contribution in [0.1, 0.15) is 60.3 Å². The molecule has 0 aliphatic heterocycles. The van der Waals surface area contributed by atoms with Gasteiger partial charge in [0.2, 0.25) is 5.91 Å². The average molecular weight is 353 g/mol. The summed E-state index contributed by atoms with van der Waals surface area (Å²) >= 11 is 1.44. The summed E-state index contributed by atoms with van der Waals surface area (Å²) in [6.45, 7) is 4.21. The molecule has 2 N–H and O–H groups in total. The van der Waals surface area contributed by atoms with E-state index in [0.29, 0.717) is 16.5 Å². The third-order valence-corrected chi connectivity index (χ3v) is 5.21. The number of carboxylic acids is 1. The lowest BCUT2D eigenvalue weighted by Gasteiger charge is -2.18. The Balaban J connectivity index is 2.17. The lowest BCUT2D eigenvalue weighted by molar-refractivity contribution is -0.137. The van der Waals surface area contributed by atoms with Gasteiger partial charge in [-0.25, -0.2) is 4.79 Å². The smallest absolute Gasteiger partial charge is 0.341 e. The number of rotatable bonds is 7. The van der Waals surface area contributed by atoms with E-state index in [4.69, 9.17) is 9.84 Å². The maximum absolute atomic E-state index is 12.3. The number of carbonyl (C=O) groups is 3. The predicted octanol–water partition coefficient (Wildman–Crippen LogP) is 3.24. The molecule has 1 aromatic rings. The normalized spacial score (nSPS) is 16.3. The van der Waals surface area contributed by atoms with E-state index in [1.807, 2.05) is 0 Å². The van der Waals surface area contributed by atoms with E-state index in [9.17, 15) is 14.4 Å². The molecule has 6 nitrogen and oxygen atoms in total. The molecule has 1 atom stereocenters. The van der Waals surface area contributed by atoms with Crippen LogP contribution in [-0.4, -0.2) is 29.6 Å². The second-order valence-electron chi connectivity index (χ2n) is 6.07. The van der Waals surface area contributed by atoms with Crippen molar-refractivity contribution in [3.8, 4) is 0 Å². The number of fused-ring (bicyclic) bond motifs is 1. The van der Waals surface area contributed by atoms with Gasteiger partial charge in [0.1, 0.15) is 5.00 Å². The van der Waals surface area contributed by atoms with Gasteiger partial charge in [-0.15, -0.1) is 11.3 Å². The molecule has 0 fully saturated rings. The average Bonchev–Trinajstić information content (AvgIpc) is 2.83. The SMILES string of the molecule is CCOC(=O)c1c(NC(=O)CCCC(=O)O)sc2c1CC[C@@H](C)C2. The van der Waals surface area contributed by atoms with E-state index < -0.39 is 11.9 Å². The fourth-order valence-electron chi connectivity index (χ4n) is 2.85. The maximum atomic E-state index is 12.3. The number of hydrogen-bond acceptors (Lipinski definition) is 5. The van der Waals surface area contributed by atoms with Crippen molar-refractivity contribution < 1.29 is 24.2 Å². The van der Waals surface area contributed by atoms with Gasteiger partial charge in [-0.3, -0.25) is 9.59 Å². The molecule has 1 amide bonds. The van der Waals surface area contributed by atoms with E-state index in [2.05, 4.69) is 12.2 Å². The molecule has 1 aliphatic rings. The van der Waals surface area contributed by atoms with Crippen molar-refractivity contribution in [3.63, 3.8) is 0 Å². The standard InChI is InChI=1S/C17H23NO5S/c1-3-23-17(22)15-11-8-7-10(2)9-12(11)24-16(15)18-13(19)5-4-6-14(20)21/h10H,3-9H2,1-2H3,(H,18,19)(H,20,21)/t10-/m1/s1. The minimum Gasteiger partial charge on any atom is -0.481 e. The molecular weight excluding hydrogens is 330 g/mol. The summed E-state index contributed by atoms with van der Waals surface area (Å²) in [5.74, 6) is -1.03. The third kappa shape index (κ3) is 4.56. The highest BCUT2D eigenvalue weighted by Crippen LogP contribution is 2.40. The molecular formula is C17H23NO5S. The summed E-state index contributed by atoms with van der Waals surface area (Å²) in [6, 6.07) is 0. The monoisotopic (exact) mass is 353 g/mol. The Morgan fingerprint density at radius 1 is 1.33 bits per heavy atom. The second kappa shape index (κ2) is 8.28. The fraction of sp³-hybridized carbons (Fsp3) is 0.588. The van der Waals surface area contributed by atoms with Crippen molar-refractivity contribution in [2.45, 2.75) is 52.4 Å². The van der Waals surface area contributed by atoms with E-state index in [1.165, 1.54) is 11.3 Å². The summed E-state index contributed by atoms with van der Waals surface area (Å²) in [4.78, 5) is 36.0. The van der Waals surface area contributed by atoms with Crippen LogP contribution < -0.4 is 5.32 Å². The molecule has 132 valence electrons. The number of carbonyl (C=O) groups excluding carboxylic acids is 2. The van der Waals surface area contributed by atoms with Crippen molar-refractivity contribution >= 4 is 34.2 Å². The van der Waals surface area contributed by atoms with Gasteiger partial charge in [0.15, 0.2) is 0 Å². The van der Waals surface area contributed by atoms with Gasteiger partial charge in [-0.2, -0.15) is 0 Å². The highest BCUT2D eigenvalue weighted by Gasteiger charge is 2.29. The van der Waals surface area contributed by atoms with Crippen LogP contribution in [0.3, 0.4) is 0 Å². The first-order valence-corrected chi connectivity index (χ1v) is 9.07. The Labute approximate surface area is 145 Å². The molecule has 2 rings (SSSR count). The number of thiophene rings is 1. The van der Waals surface area contributed by atoms with Crippen molar-refractivity contribution in [3.05, 3.63) is 16.0 Å². The van der Waals surface area contributed by atoms with Crippen LogP contribution >= 0.6 is 11.3 Å². The summed E-state index contributed by atoms with van der Waals surface area (Å²) in [5, 5.41) is 12.0. The number of aliphatic carboxylic acids is 1. The zero-order valence-corrected chi connectivity index (χ0v) is 14.8. The van der Waals surface area contributed by atoms with Crippen molar-refractivity contribution in [1.29, 1.82) is 0 Å². The Hall–Kier alpha value is -1.89. The molecule has 0 unspecified atom stereocenters. The molecule has 0 spiro atoms. The Morgan fingerprint density at radius 2 is 2.08 bits per heavy atom. The first kappa shape index (κ1) is 18.4. The molecule has 24 heavy (non-hydrogen) atoms. The van der Waals surface area contributed by atoms with Crippen molar-refractivity contribution in [1.82, 2.24) is 0 Å². The molecule has 0 bridgehead atoms. The van der Waals surface area contributed by atoms with E-state index in [-0.39, 0.29) is 31.8 Å². The van der Waals surface area contributed by atoms with Crippen LogP contribution in [-0.2, 0) is 27.2 Å². The summed E-state index contributed by atoms with van der Waals surface area (Å²) in [6.07, 6.45) is 3.08. The zero-order chi connectivity index (χ0) is 17.7. The lowest BCUT2D eigenvalue weighted by atomic mass is 9.88. The van der Waals surface area contributed by atoms with Crippen LogP contribution in [0.2, 0.25) is 0 Å². The van der Waals surface area contributed by atoms with Crippen LogP contribution in [0.25, 0.3) is 0 Å². The number of hydrogen-bond donors (Lipinski definition) is 2. The molecule has 1 heterocycles. The maximum Gasteiger partial charge on any atom is 0.341 e. The number of ether oxygens (including phenoxy) is 1. The Bertz CT molecular complexity index is 637. The Morgan fingerprint density at radius 3 is 2.75 bits per heavy atom. The van der Waals surface area contributed by atoms with Crippen LogP contribution in [0.5, 0.6) is 0 Å². The zero-order valence-electron chi connectivity index (χ0n) is 14.0. The second-order valence-corrected chi connectivity index (χ2v) is 7.18. The van der Waals surface area contributed by atoms with Crippen molar-refractivity contribution in [2.75, 3.05) is 11.9 Å². The van der Waals surface area contributed by atoms with Gasteiger partial charge in [0.05, 0.1) is 12.2 Å². The third-order valence-electron chi connectivity index (χ3n) is 4.04. The molecule has 1 aromatic heterocycles. The van der Waals surface area contributed by atoms with Gasteiger partial charge >= 0.3 is 11.9 Å².